The van der Waals surface area contributed by atoms with Gasteiger partial charge in [0, 0.05) is 38.1 Å². The van der Waals surface area contributed by atoms with Gasteiger partial charge in [-0.3, -0.25) is 4.99 Å². The van der Waals surface area contributed by atoms with Crippen molar-refractivity contribution >= 4 is 23.7 Å². The molecule has 0 spiro atoms. The average molecular weight is 502 g/mol. The Bertz CT molecular complexity index is 944. The third-order valence-electron chi connectivity index (χ3n) is 5.83. The first-order valence-corrected chi connectivity index (χ1v) is 12.6. The zero-order chi connectivity index (χ0) is 26.3. The maximum absolute atomic E-state index is 9.67. The van der Waals surface area contributed by atoms with E-state index >= 15 is 0 Å². The summed E-state index contributed by atoms with van der Waals surface area (Å²) < 4.78 is 10.4. The highest BCUT2D eigenvalue weighted by Gasteiger charge is 2.20. The molecule has 200 valence electrons. The Kier molecular flexibility index (Phi) is 13.0. The number of ether oxygens (including phenoxy) is 2. The molecular formula is C26H43N7O3. The predicted molar refractivity (Wildman–Crippen MR) is 147 cm³/mol. The summed E-state index contributed by atoms with van der Waals surface area (Å²) in [6.45, 7) is 7.91. The molecule has 1 aromatic carbocycles. The Balaban J connectivity index is 0.000000809. The number of nitrogen functional groups attached to an aromatic ring is 2. The van der Waals surface area contributed by atoms with Crippen molar-refractivity contribution in [2.45, 2.75) is 58.7 Å². The summed E-state index contributed by atoms with van der Waals surface area (Å²) in [7, 11) is 3.55. The minimum Gasteiger partial charge on any atom is -0.496 e. The number of anilines is 3. The third kappa shape index (κ3) is 8.92. The standard InChI is InChI=1S/C22H35N7O2.C4H8O/c1-5-6-9-29(15(2)14-30)21-20(23)18(27-22(24)28-21)13-26-12-17-8-7-16(11-25-3)10-19(17)31-4;1-2-4-5-3-1/h7-8,10,13,15,25,30H,5-6,9,11-12,14,23H2,1-4H3,(H2,24,27,28);1-4H2. The lowest BCUT2D eigenvalue weighted by molar-refractivity contribution is 0.198. The van der Waals surface area contributed by atoms with Crippen molar-refractivity contribution in [1.29, 1.82) is 0 Å². The second-order valence-corrected chi connectivity index (χ2v) is 8.75. The van der Waals surface area contributed by atoms with E-state index in [-0.39, 0.29) is 18.6 Å². The Morgan fingerprint density at radius 3 is 2.61 bits per heavy atom. The van der Waals surface area contributed by atoms with Gasteiger partial charge in [0.1, 0.15) is 17.1 Å². The molecule has 10 nitrogen and oxygen atoms in total. The van der Waals surface area contributed by atoms with E-state index in [1.807, 2.05) is 37.1 Å². The monoisotopic (exact) mass is 501 g/mol. The topological polar surface area (TPSA) is 144 Å². The molecule has 36 heavy (non-hydrogen) atoms. The molecule has 1 atom stereocenters. The van der Waals surface area contributed by atoms with Gasteiger partial charge >= 0.3 is 0 Å². The molecule has 1 aliphatic heterocycles. The van der Waals surface area contributed by atoms with E-state index in [1.165, 1.54) is 12.8 Å². The van der Waals surface area contributed by atoms with Gasteiger partial charge in [-0.15, -0.1) is 0 Å². The number of benzene rings is 1. The SMILES string of the molecule is C1CCOC1.CCCCN(c1nc(N)nc(C=NCc2ccc(CNC)cc2OC)c1N)C(C)CO. The number of nitrogens with one attached hydrogen (secondary N) is 1. The summed E-state index contributed by atoms with van der Waals surface area (Å²) in [6.07, 6.45) is 6.12. The number of hydrogen-bond acceptors (Lipinski definition) is 10. The highest BCUT2D eigenvalue weighted by Crippen LogP contribution is 2.26. The molecule has 2 aromatic rings. The first kappa shape index (κ1) is 29.3. The fourth-order valence-electron chi connectivity index (χ4n) is 3.75. The quantitative estimate of drug-likeness (QED) is 0.323. The van der Waals surface area contributed by atoms with E-state index in [1.54, 1.807) is 13.3 Å². The zero-order valence-corrected chi connectivity index (χ0v) is 22.2. The maximum atomic E-state index is 9.67. The van der Waals surface area contributed by atoms with Crippen molar-refractivity contribution in [2.24, 2.45) is 4.99 Å². The van der Waals surface area contributed by atoms with Crippen LogP contribution in [0.15, 0.2) is 23.2 Å². The Labute approximate surface area is 215 Å². The molecule has 1 aliphatic rings. The van der Waals surface area contributed by atoms with E-state index in [4.69, 9.17) is 20.9 Å². The van der Waals surface area contributed by atoms with Gasteiger partial charge in [-0.25, -0.2) is 4.98 Å². The number of methoxy groups -OCH3 is 1. The number of aliphatic hydroxyl groups excluding tert-OH is 1. The molecule has 1 aromatic heterocycles. The van der Waals surface area contributed by atoms with Gasteiger partial charge in [-0.2, -0.15) is 4.98 Å². The van der Waals surface area contributed by atoms with Crippen LogP contribution in [0.5, 0.6) is 5.75 Å². The lowest BCUT2D eigenvalue weighted by atomic mass is 10.1. The van der Waals surface area contributed by atoms with Crippen molar-refractivity contribution < 1.29 is 14.6 Å². The van der Waals surface area contributed by atoms with Crippen LogP contribution in [0.3, 0.4) is 0 Å². The van der Waals surface area contributed by atoms with Gasteiger partial charge in [0.25, 0.3) is 0 Å². The van der Waals surface area contributed by atoms with Crippen LogP contribution < -0.4 is 26.4 Å². The van der Waals surface area contributed by atoms with E-state index in [2.05, 4.69) is 27.2 Å². The minimum absolute atomic E-state index is 0.0141. The van der Waals surface area contributed by atoms with Crippen molar-refractivity contribution in [3.63, 3.8) is 0 Å². The van der Waals surface area contributed by atoms with Gasteiger partial charge in [-0.05, 0) is 44.9 Å². The smallest absolute Gasteiger partial charge is 0.222 e. The number of rotatable bonds is 12. The third-order valence-corrected chi connectivity index (χ3v) is 5.83. The highest BCUT2D eigenvalue weighted by molar-refractivity contribution is 5.89. The second-order valence-electron chi connectivity index (χ2n) is 8.75. The largest absolute Gasteiger partial charge is 0.496 e. The van der Waals surface area contributed by atoms with E-state index in [0.717, 1.165) is 49.5 Å². The van der Waals surface area contributed by atoms with E-state index in [0.29, 0.717) is 30.3 Å². The molecule has 2 heterocycles. The van der Waals surface area contributed by atoms with Gasteiger partial charge in [0.2, 0.25) is 5.95 Å². The van der Waals surface area contributed by atoms with Gasteiger partial charge < -0.3 is 36.3 Å². The first-order valence-electron chi connectivity index (χ1n) is 12.6. The molecule has 6 N–H and O–H groups in total. The second kappa shape index (κ2) is 15.9. The molecule has 10 heteroatoms. The highest BCUT2D eigenvalue weighted by atomic mass is 16.5. The number of nitrogens with zero attached hydrogens (tertiary/aromatic N) is 4. The number of aliphatic imine (C=N–C) groups is 1. The van der Waals surface area contributed by atoms with Crippen LogP contribution in [-0.4, -0.2) is 67.9 Å². The summed E-state index contributed by atoms with van der Waals surface area (Å²) in [5.74, 6) is 1.42. The van der Waals surface area contributed by atoms with Crippen molar-refractivity contribution in [3.05, 3.63) is 35.0 Å². The summed E-state index contributed by atoms with van der Waals surface area (Å²) in [5.41, 5.74) is 15.3. The van der Waals surface area contributed by atoms with Gasteiger partial charge in [-0.1, -0.05) is 25.5 Å². The molecule has 1 unspecified atom stereocenters. The summed E-state index contributed by atoms with van der Waals surface area (Å²) in [5, 5.41) is 12.8. The molecule has 0 saturated carbocycles. The molecular weight excluding hydrogens is 458 g/mol. The van der Waals surface area contributed by atoms with Crippen LogP contribution in [0.4, 0.5) is 17.5 Å². The van der Waals surface area contributed by atoms with Gasteiger partial charge in [0.05, 0.1) is 26.3 Å². The Hall–Kier alpha value is -2.95. The van der Waals surface area contributed by atoms with E-state index < -0.39 is 0 Å². The number of nitrogens with two attached hydrogens (primary N) is 2. The van der Waals surface area contributed by atoms with Crippen LogP contribution in [0.25, 0.3) is 0 Å². The molecule has 0 bridgehead atoms. The maximum Gasteiger partial charge on any atom is 0.222 e. The van der Waals surface area contributed by atoms with Crippen LogP contribution in [0.2, 0.25) is 0 Å². The summed E-state index contributed by atoms with van der Waals surface area (Å²) in [4.78, 5) is 15.1. The average Bonchev–Trinajstić information content (AvgIpc) is 3.47. The van der Waals surface area contributed by atoms with Crippen LogP contribution in [0.1, 0.15) is 56.4 Å². The normalized spacial score (nSPS) is 13.9. The number of hydrogen-bond donors (Lipinski definition) is 4. The first-order chi connectivity index (χ1) is 17.4. The molecule has 1 saturated heterocycles. The minimum atomic E-state index is -0.145. The summed E-state index contributed by atoms with van der Waals surface area (Å²) in [6, 6.07) is 5.90. The van der Waals surface area contributed by atoms with Crippen LogP contribution >= 0.6 is 0 Å². The number of unbranched alkanes of at least 4 members (excludes halogenated alkanes) is 1. The lowest BCUT2D eigenvalue weighted by Crippen LogP contribution is -2.38. The van der Waals surface area contributed by atoms with Crippen molar-refractivity contribution in [3.8, 4) is 5.75 Å². The lowest BCUT2D eigenvalue weighted by Gasteiger charge is -2.30. The molecule has 3 rings (SSSR count). The zero-order valence-electron chi connectivity index (χ0n) is 22.2. The number of aromatic nitrogens is 2. The molecule has 0 radical (unpaired) electrons. The molecule has 1 fully saturated rings. The predicted octanol–water partition coefficient (Wildman–Crippen LogP) is 2.77. The van der Waals surface area contributed by atoms with Crippen LogP contribution in [-0.2, 0) is 17.8 Å². The Morgan fingerprint density at radius 2 is 2.03 bits per heavy atom. The fraction of sp³-hybridized carbons (Fsp3) is 0.577. The number of aliphatic hydroxyl groups is 1. The summed E-state index contributed by atoms with van der Waals surface area (Å²) >= 11 is 0. The Morgan fingerprint density at radius 1 is 1.28 bits per heavy atom. The molecule has 0 aliphatic carbocycles. The van der Waals surface area contributed by atoms with Gasteiger partial charge in [0.15, 0.2) is 5.82 Å². The van der Waals surface area contributed by atoms with Crippen LogP contribution in [0, 0.1) is 0 Å². The fourth-order valence-corrected chi connectivity index (χ4v) is 3.75. The molecule has 0 amide bonds. The van der Waals surface area contributed by atoms with E-state index in [9.17, 15) is 5.11 Å². The van der Waals surface area contributed by atoms with Crippen molar-refractivity contribution in [1.82, 2.24) is 15.3 Å². The van der Waals surface area contributed by atoms with Crippen molar-refractivity contribution in [2.75, 3.05) is 56.9 Å².